The highest BCUT2D eigenvalue weighted by atomic mass is 79.9. The van der Waals surface area contributed by atoms with Crippen LogP contribution in [-0.4, -0.2) is 34.1 Å². The van der Waals surface area contributed by atoms with E-state index in [9.17, 15) is 14.7 Å². The van der Waals surface area contributed by atoms with E-state index in [2.05, 4.69) is 21.2 Å². The van der Waals surface area contributed by atoms with Gasteiger partial charge >= 0.3 is 12.1 Å². The van der Waals surface area contributed by atoms with Crippen LogP contribution >= 0.6 is 15.9 Å². The molecule has 0 saturated heterocycles. The number of aromatic carboxylic acids is 1. The summed E-state index contributed by atoms with van der Waals surface area (Å²) < 4.78 is 18.3. The first-order valence-corrected chi connectivity index (χ1v) is 10.0. The van der Waals surface area contributed by atoms with Gasteiger partial charge < -0.3 is 24.6 Å². The maximum atomic E-state index is 12.1. The van der Waals surface area contributed by atoms with Crippen LogP contribution in [0.3, 0.4) is 0 Å². The molecular weight excluding hydrogens is 430 g/mol. The Kier molecular flexibility index (Phi) is 3.84. The third kappa shape index (κ3) is 2.68. The van der Waals surface area contributed by atoms with Gasteiger partial charge in [-0.25, -0.2) is 9.59 Å². The largest absolute Gasteiger partial charge is 0.478 e. The summed E-state index contributed by atoms with van der Waals surface area (Å²) in [6.45, 7) is 9.10. The van der Waals surface area contributed by atoms with E-state index in [-0.39, 0.29) is 16.5 Å². The number of carboxylic acids is 1. The summed E-state index contributed by atoms with van der Waals surface area (Å²) in [4.78, 5) is 23.6. The van der Waals surface area contributed by atoms with Crippen LogP contribution in [0.5, 0.6) is 11.5 Å². The Labute approximate surface area is 171 Å². The Morgan fingerprint density at radius 1 is 1.21 bits per heavy atom. The number of rotatable bonds is 3. The minimum Gasteiger partial charge on any atom is -0.478 e. The SMILES string of the molecule is Cc1c(C(=O)O)cc(Br)c2c1OC(C)(C13CC(NC(=O)OC(C)(C)C)(C1)C3)O2. The number of nitrogens with one attached hydrogen (secondary N) is 1. The van der Waals surface area contributed by atoms with Gasteiger partial charge in [-0.2, -0.15) is 0 Å². The number of carbonyl (C=O) groups is 2. The summed E-state index contributed by atoms with van der Waals surface area (Å²) in [6.07, 6.45) is 1.78. The Balaban J connectivity index is 1.49. The van der Waals surface area contributed by atoms with E-state index in [1.807, 2.05) is 27.7 Å². The Morgan fingerprint density at radius 3 is 2.32 bits per heavy atom. The van der Waals surface area contributed by atoms with Crippen molar-refractivity contribution >= 4 is 28.0 Å². The zero-order valence-electron chi connectivity index (χ0n) is 16.6. The lowest BCUT2D eigenvalue weighted by Gasteiger charge is -2.73. The van der Waals surface area contributed by atoms with E-state index in [1.54, 1.807) is 13.0 Å². The molecule has 1 unspecified atom stereocenters. The van der Waals surface area contributed by atoms with Crippen molar-refractivity contribution in [3.63, 3.8) is 0 Å². The molecule has 2 bridgehead atoms. The Bertz CT molecular complexity index is 885. The van der Waals surface area contributed by atoms with Gasteiger partial charge in [0.2, 0.25) is 0 Å². The molecule has 2 N–H and O–H groups in total. The highest BCUT2D eigenvalue weighted by Crippen LogP contribution is 2.74. The standard InChI is InChI=1S/C20H24BrNO6/c1-10-11(15(23)24)6-12(21)14-13(10)26-18(5,27-14)19-7-20(8-19,9-19)22-16(25)28-17(2,3)4/h6H,7-9H2,1-5H3,(H,22,25)(H,23,24). The molecule has 7 nitrogen and oxygen atoms in total. The molecule has 5 rings (SSSR count). The molecule has 1 aromatic carbocycles. The topological polar surface area (TPSA) is 94.1 Å². The van der Waals surface area contributed by atoms with Crippen LogP contribution < -0.4 is 14.8 Å². The van der Waals surface area contributed by atoms with Crippen LogP contribution in [0.2, 0.25) is 0 Å². The van der Waals surface area contributed by atoms with Gasteiger partial charge in [-0.05, 0) is 69.0 Å². The average Bonchev–Trinajstić information content (AvgIpc) is 2.82. The second-order valence-corrected chi connectivity index (χ2v) is 10.2. The van der Waals surface area contributed by atoms with Gasteiger partial charge in [0.15, 0.2) is 11.5 Å². The van der Waals surface area contributed by atoms with Crippen molar-refractivity contribution < 1.29 is 28.9 Å². The van der Waals surface area contributed by atoms with Crippen molar-refractivity contribution in [2.75, 3.05) is 0 Å². The van der Waals surface area contributed by atoms with Crippen LogP contribution in [0, 0.1) is 12.3 Å². The van der Waals surface area contributed by atoms with Gasteiger partial charge in [-0.3, -0.25) is 0 Å². The highest BCUT2D eigenvalue weighted by Gasteiger charge is 2.78. The summed E-state index contributed by atoms with van der Waals surface area (Å²) >= 11 is 3.40. The van der Waals surface area contributed by atoms with Gasteiger partial charge in [-0.1, -0.05) is 0 Å². The van der Waals surface area contributed by atoms with Crippen LogP contribution in [-0.2, 0) is 4.74 Å². The molecule has 1 heterocycles. The maximum Gasteiger partial charge on any atom is 0.408 e. The Hall–Kier alpha value is -1.96. The van der Waals surface area contributed by atoms with E-state index in [0.717, 1.165) is 19.3 Å². The molecule has 3 fully saturated rings. The van der Waals surface area contributed by atoms with E-state index in [4.69, 9.17) is 14.2 Å². The van der Waals surface area contributed by atoms with Crippen molar-refractivity contribution in [1.29, 1.82) is 0 Å². The zero-order chi connectivity index (χ0) is 20.7. The number of ether oxygens (including phenoxy) is 3. The molecule has 3 aliphatic carbocycles. The molecule has 152 valence electrons. The number of benzene rings is 1. The summed E-state index contributed by atoms with van der Waals surface area (Å²) in [5, 5.41) is 12.4. The fourth-order valence-electron chi connectivity index (χ4n) is 4.69. The molecule has 0 spiro atoms. The fraction of sp³-hybridized carbons (Fsp3) is 0.600. The first-order valence-electron chi connectivity index (χ1n) is 9.24. The van der Waals surface area contributed by atoms with Crippen molar-refractivity contribution in [2.45, 2.75) is 70.8 Å². The summed E-state index contributed by atoms with van der Waals surface area (Å²) in [5.41, 5.74) is -0.314. The van der Waals surface area contributed by atoms with Crippen LogP contribution in [0.1, 0.15) is 62.9 Å². The van der Waals surface area contributed by atoms with Crippen molar-refractivity contribution in [1.82, 2.24) is 5.32 Å². The van der Waals surface area contributed by atoms with E-state index in [0.29, 0.717) is 21.5 Å². The molecule has 8 heteroatoms. The maximum absolute atomic E-state index is 12.1. The van der Waals surface area contributed by atoms with E-state index < -0.39 is 23.5 Å². The molecule has 28 heavy (non-hydrogen) atoms. The van der Waals surface area contributed by atoms with Crippen molar-refractivity contribution in [3.05, 3.63) is 21.7 Å². The first kappa shape index (κ1) is 19.4. The number of hydrogen-bond acceptors (Lipinski definition) is 5. The molecule has 1 atom stereocenters. The van der Waals surface area contributed by atoms with Crippen LogP contribution in [0.25, 0.3) is 0 Å². The molecular formula is C20H24BrNO6. The van der Waals surface area contributed by atoms with E-state index in [1.165, 1.54) is 0 Å². The molecule has 0 radical (unpaired) electrons. The van der Waals surface area contributed by atoms with Gasteiger partial charge in [-0.15, -0.1) is 0 Å². The normalized spacial score (nSPS) is 32.2. The molecule has 0 aromatic heterocycles. The number of carbonyl (C=O) groups excluding carboxylic acids is 1. The predicted molar refractivity (Wildman–Crippen MR) is 104 cm³/mol. The predicted octanol–water partition coefficient (Wildman–Crippen LogP) is 4.39. The zero-order valence-corrected chi connectivity index (χ0v) is 18.2. The molecule has 1 amide bonds. The van der Waals surface area contributed by atoms with Gasteiger partial charge in [0.25, 0.3) is 5.79 Å². The number of carboxylic acid groups (broad SMARTS) is 1. The summed E-state index contributed by atoms with van der Waals surface area (Å²) in [5.74, 6) is -0.918. The van der Waals surface area contributed by atoms with Crippen molar-refractivity contribution in [3.8, 4) is 11.5 Å². The second kappa shape index (κ2) is 5.55. The third-order valence-electron chi connectivity index (χ3n) is 6.02. The van der Waals surface area contributed by atoms with Crippen LogP contribution in [0.4, 0.5) is 4.79 Å². The molecule has 4 aliphatic rings. The van der Waals surface area contributed by atoms with E-state index >= 15 is 0 Å². The number of alkyl carbamates (subject to hydrolysis) is 1. The lowest BCUT2D eigenvalue weighted by atomic mass is 9.36. The third-order valence-corrected chi connectivity index (χ3v) is 6.61. The number of hydrogen-bond donors (Lipinski definition) is 2. The fourth-order valence-corrected chi connectivity index (χ4v) is 5.18. The lowest BCUT2D eigenvalue weighted by Crippen LogP contribution is -2.82. The second-order valence-electron chi connectivity index (χ2n) is 9.36. The molecule has 1 aliphatic heterocycles. The highest BCUT2D eigenvalue weighted by molar-refractivity contribution is 9.10. The smallest absolute Gasteiger partial charge is 0.408 e. The summed E-state index contributed by atoms with van der Waals surface area (Å²) in [7, 11) is 0. The lowest BCUT2D eigenvalue weighted by molar-refractivity contribution is -0.300. The monoisotopic (exact) mass is 453 g/mol. The number of amides is 1. The molecule has 3 saturated carbocycles. The number of halogens is 1. The summed E-state index contributed by atoms with van der Waals surface area (Å²) in [6, 6.07) is 1.54. The van der Waals surface area contributed by atoms with Crippen molar-refractivity contribution in [2.24, 2.45) is 5.41 Å². The minimum absolute atomic E-state index is 0.180. The van der Waals surface area contributed by atoms with Gasteiger partial charge in [0.05, 0.1) is 15.5 Å². The van der Waals surface area contributed by atoms with Gasteiger partial charge in [0, 0.05) is 18.0 Å². The minimum atomic E-state index is -1.01. The average molecular weight is 454 g/mol. The Morgan fingerprint density at radius 2 is 1.79 bits per heavy atom. The number of fused-ring (bicyclic) bond motifs is 1. The first-order chi connectivity index (χ1) is 12.8. The van der Waals surface area contributed by atoms with Crippen LogP contribution in [0.15, 0.2) is 10.5 Å². The molecule has 1 aromatic rings. The quantitative estimate of drug-likeness (QED) is 0.704. The van der Waals surface area contributed by atoms with Gasteiger partial charge in [0.1, 0.15) is 5.60 Å².